The molecule has 0 bridgehead atoms. The van der Waals surface area contributed by atoms with Crippen molar-refractivity contribution in [2.45, 2.75) is 20.3 Å². The highest BCUT2D eigenvalue weighted by Crippen LogP contribution is 2.19. The standard InChI is InChI=1S/C10H12N2O.C2H6/c11-10-3-1-2-9(12-10)8-4-6-13-7-5-8;1-2/h1-4H,5-7H2,(H2,11,12);1-2H3. The van der Waals surface area contributed by atoms with Crippen LogP contribution in [0.25, 0.3) is 5.57 Å². The molecule has 15 heavy (non-hydrogen) atoms. The maximum absolute atomic E-state index is 5.60. The first kappa shape index (κ1) is 11.7. The Labute approximate surface area is 91.0 Å². The summed E-state index contributed by atoms with van der Waals surface area (Å²) in [6.07, 6.45) is 2.99. The molecule has 3 heteroatoms. The number of nitrogens with two attached hydrogens (primary N) is 1. The van der Waals surface area contributed by atoms with Crippen LogP contribution >= 0.6 is 0 Å². The molecule has 0 fully saturated rings. The summed E-state index contributed by atoms with van der Waals surface area (Å²) in [6.45, 7) is 5.47. The van der Waals surface area contributed by atoms with Crippen LogP contribution in [0.2, 0.25) is 0 Å². The summed E-state index contributed by atoms with van der Waals surface area (Å²) in [6, 6.07) is 5.70. The van der Waals surface area contributed by atoms with Gasteiger partial charge in [-0.05, 0) is 24.1 Å². The molecule has 1 aliphatic rings. The minimum Gasteiger partial charge on any atom is -0.384 e. The van der Waals surface area contributed by atoms with Crippen LogP contribution < -0.4 is 5.73 Å². The molecule has 1 aromatic rings. The first-order valence-electron chi connectivity index (χ1n) is 5.36. The number of aromatic nitrogens is 1. The smallest absolute Gasteiger partial charge is 0.124 e. The van der Waals surface area contributed by atoms with Crippen molar-refractivity contribution < 1.29 is 4.74 Å². The van der Waals surface area contributed by atoms with E-state index in [-0.39, 0.29) is 0 Å². The van der Waals surface area contributed by atoms with E-state index in [1.54, 1.807) is 6.07 Å². The lowest BCUT2D eigenvalue weighted by atomic mass is 10.1. The van der Waals surface area contributed by atoms with Gasteiger partial charge in [0.15, 0.2) is 0 Å². The summed E-state index contributed by atoms with van der Waals surface area (Å²) in [5.41, 5.74) is 7.81. The Morgan fingerprint density at radius 3 is 2.73 bits per heavy atom. The summed E-state index contributed by atoms with van der Waals surface area (Å²) in [7, 11) is 0. The van der Waals surface area contributed by atoms with Crippen molar-refractivity contribution in [3.05, 3.63) is 30.0 Å². The molecule has 2 heterocycles. The van der Waals surface area contributed by atoms with Crippen molar-refractivity contribution >= 4 is 11.4 Å². The molecule has 2 N–H and O–H groups in total. The molecule has 0 atom stereocenters. The Bertz CT molecular complexity index is 334. The Morgan fingerprint density at radius 1 is 1.33 bits per heavy atom. The molecular weight excluding hydrogens is 188 g/mol. The molecule has 0 unspecified atom stereocenters. The highest BCUT2D eigenvalue weighted by atomic mass is 16.5. The fourth-order valence-electron chi connectivity index (χ4n) is 1.39. The number of hydrogen-bond donors (Lipinski definition) is 1. The van der Waals surface area contributed by atoms with Crippen LogP contribution in [0.4, 0.5) is 5.82 Å². The second-order valence-corrected chi connectivity index (χ2v) is 3.00. The predicted molar refractivity (Wildman–Crippen MR) is 63.4 cm³/mol. The molecule has 0 saturated heterocycles. The van der Waals surface area contributed by atoms with Gasteiger partial charge in [-0.25, -0.2) is 4.98 Å². The number of hydrogen-bond acceptors (Lipinski definition) is 3. The van der Waals surface area contributed by atoms with Crippen LogP contribution in [-0.2, 0) is 4.74 Å². The van der Waals surface area contributed by atoms with E-state index in [0.29, 0.717) is 12.4 Å². The monoisotopic (exact) mass is 206 g/mol. The van der Waals surface area contributed by atoms with Crippen LogP contribution in [0, 0.1) is 0 Å². The second kappa shape index (κ2) is 6.19. The Hall–Kier alpha value is -1.35. The van der Waals surface area contributed by atoms with Crippen molar-refractivity contribution in [3.8, 4) is 0 Å². The number of nitrogen functional groups attached to an aromatic ring is 1. The Balaban J connectivity index is 0.000000531. The summed E-state index contributed by atoms with van der Waals surface area (Å²) in [5, 5.41) is 0. The summed E-state index contributed by atoms with van der Waals surface area (Å²) >= 11 is 0. The van der Waals surface area contributed by atoms with Crippen LogP contribution in [0.15, 0.2) is 24.3 Å². The maximum Gasteiger partial charge on any atom is 0.124 e. The van der Waals surface area contributed by atoms with Gasteiger partial charge in [0.25, 0.3) is 0 Å². The summed E-state index contributed by atoms with van der Waals surface area (Å²) in [5.74, 6) is 0.574. The highest BCUT2D eigenvalue weighted by Gasteiger charge is 2.06. The van der Waals surface area contributed by atoms with Crippen LogP contribution in [0.3, 0.4) is 0 Å². The van der Waals surface area contributed by atoms with Crippen molar-refractivity contribution in [1.29, 1.82) is 0 Å². The lowest BCUT2D eigenvalue weighted by Gasteiger charge is -2.12. The van der Waals surface area contributed by atoms with Gasteiger partial charge in [0.05, 0.1) is 18.9 Å². The van der Waals surface area contributed by atoms with E-state index >= 15 is 0 Å². The number of rotatable bonds is 1. The Morgan fingerprint density at radius 2 is 2.13 bits per heavy atom. The molecule has 2 rings (SSSR count). The molecule has 0 spiro atoms. The highest BCUT2D eigenvalue weighted by molar-refractivity contribution is 5.64. The van der Waals surface area contributed by atoms with Gasteiger partial charge in [0, 0.05) is 0 Å². The molecule has 82 valence electrons. The zero-order valence-electron chi connectivity index (χ0n) is 9.36. The molecule has 1 aromatic heterocycles. The second-order valence-electron chi connectivity index (χ2n) is 3.00. The fraction of sp³-hybridized carbons (Fsp3) is 0.417. The Kier molecular flexibility index (Phi) is 4.84. The van der Waals surface area contributed by atoms with Gasteiger partial charge in [-0.3, -0.25) is 0 Å². The lowest BCUT2D eigenvalue weighted by Crippen LogP contribution is -2.05. The van der Waals surface area contributed by atoms with E-state index in [2.05, 4.69) is 11.1 Å². The third kappa shape index (κ3) is 3.36. The van der Waals surface area contributed by atoms with Gasteiger partial charge in [0.1, 0.15) is 5.82 Å². The number of nitrogens with zero attached hydrogens (tertiary/aromatic N) is 1. The van der Waals surface area contributed by atoms with Crippen LogP contribution in [0.5, 0.6) is 0 Å². The van der Waals surface area contributed by atoms with Crippen molar-refractivity contribution in [2.75, 3.05) is 18.9 Å². The van der Waals surface area contributed by atoms with E-state index in [0.717, 1.165) is 18.7 Å². The van der Waals surface area contributed by atoms with Gasteiger partial charge >= 0.3 is 0 Å². The SMILES string of the molecule is CC.Nc1cccc(C2=CCOCC2)n1. The van der Waals surface area contributed by atoms with Gasteiger partial charge in [-0.1, -0.05) is 26.0 Å². The molecule has 0 saturated carbocycles. The van der Waals surface area contributed by atoms with Crippen LogP contribution in [0.1, 0.15) is 26.0 Å². The van der Waals surface area contributed by atoms with Gasteiger partial charge < -0.3 is 10.5 Å². The van der Waals surface area contributed by atoms with E-state index in [4.69, 9.17) is 10.5 Å². The van der Waals surface area contributed by atoms with E-state index in [1.165, 1.54) is 5.57 Å². The minimum absolute atomic E-state index is 0.574. The van der Waals surface area contributed by atoms with Crippen molar-refractivity contribution in [2.24, 2.45) is 0 Å². The molecule has 1 aliphatic heterocycles. The minimum atomic E-state index is 0.574. The molecule has 3 nitrogen and oxygen atoms in total. The molecule has 0 amide bonds. The third-order valence-electron chi connectivity index (χ3n) is 2.06. The largest absolute Gasteiger partial charge is 0.384 e. The van der Waals surface area contributed by atoms with E-state index in [9.17, 15) is 0 Å². The molecule has 0 radical (unpaired) electrons. The van der Waals surface area contributed by atoms with Gasteiger partial charge in [-0.2, -0.15) is 0 Å². The quantitative estimate of drug-likeness (QED) is 0.768. The predicted octanol–water partition coefficient (Wildman–Crippen LogP) is 2.49. The van der Waals surface area contributed by atoms with E-state index < -0.39 is 0 Å². The van der Waals surface area contributed by atoms with E-state index in [1.807, 2.05) is 26.0 Å². The third-order valence-corrected chi connectivity index (χ3v) is 2.06. The molecular formula is C12H18N2O. The zero-order valence-corrected chi connectivity index (χ0v) is 9.36. The van der Waals surface area contributed by atoms with Crippen molar-refractivity contribution in [1.82, 2.24) is 4.98 Å². The van der Waals surface area contributed by atoms with Gasteiger partial charge in [-0.15, -0.1) is 0 Å². The average Bonchev–Trinajstić information content (AvgIpc) is 2.33. The number of anilines is 1. The van der Waals surface area contributed by atoms with Crippen LogP contribution in [-0.4, -0.2) is 18.2 Å². The first-order chi connectivity index (χ1) is 7.36. The maximum atomic E-state index is 5.60. The topological polar surface area (TPSA) is 48.1 Å². The fourth-order valence-corrected chi connectivity index (χ4v) is 1.39. The molecule has 0 aliphatic carbocycles. The summed E-state index contributed by atoms with van der Waals surface area (Å²) in [4.78, 5) is 4.25. The molecule has 0 aromatic carbocycles. The number of ether oxygens (including phenoxy) is 1. The lowest BCUT2D eigenvalue weighted by molar-refractivity contribution is 0.161. The zero-order chi connectivity index (χ0) is 11.1. The number of pyridine rings is 1. The summed E-state index contributed by atoms with van der Waals surface area (Å²) < 4.78 is 5.22. The normalized spacial score (nSPS) is 14.9. The van der Waals surface area contributed by atoms with Crippen molar-refractivity contribution in [3.63, 3.8) is 0 Å². The van der Waals surface area contributed by atoms with Gasteiger partial charge in [0.2, 0.25) is 0 Å². The first-order valence-corrected chi connectivity index (χ1v) is 5.36. The average molecular weight is 206 g/mol.